The van der Waals surface area contributed by atoms with Crippen LogP contribution in [0.3, 0.4) is 0 Å². The number of carboxylic acid groups (broad SMARTS) is 2. The van der Waals surface area contributed by atoms with Crippen LogP contribution in [0.4, 0.5) is 0 Å². The molecule has 18 heavy (non-hydrogen) atoms. The minimum absolute atomic E-state index is 0. The van der Waals surface area contributed by atoms with Gasteiger partial charge in [0.25, 0.3) is 0 Å². The summed E-state index contributed by atoms with van der Waals surface area (Å²) in [6.07, 6.45) is -0.263. The lowest BCUT2D eigenvalue weighted by Crippen LogP contribution is -2.49. The van der Waals surface area contributed by atoms with Crippen LogP contribution in [-0.4, -0.2) is 40.1 Å². The first-order valence-corrected chi connectivity index (χ1v) is 5.24. The summed E-state index contributed by atoms with van der Waals surface area (Å²) in [6, 6.07) is -2.27. The SMILES string of the molecule is CC(C)CC(N)C(=O)NC(CC(=O)O)C(=O)O.Cl. The van der Waals surface area contributed by atoms with E-state index < -0.39 is 36.4 Å². The van der Waals surface area contributed by atoms with Crippen LogP contribution in [0.25, 0.3) is 0 Å². The number of carbonyl (C=O) groups excluding carboxylic acids is 1. The summed E-state index contributed by atoms with van der Waals surface area (Å²) in [4.78, 5) is 32.6. The average Bonchev–Trinajstić information content (AvgIpc) is 2.14. The maximum atomic E-state index is 11.5. The largest absolute Gasteiger partial charge is 0.481 e. The van der Waals surface area contributed by atoms with Crippen LogP contribution in [0.2, 0.25) is 0 Å². The molecule has 1 amide bonds. The number of hydrogen-bond acceptors (Lipinski definition) is 4. The number of carbonyl (C=O) groups is 3. The number of nitrogens with one attached hydrogen (secondary N) is 1. The van der Waals surface area contributed by atoms with Crippen molar-refractivity contribution < 1.29 is 24.6 Å². The Bertz CT molecular complexity index is 309. The number of carboxylic acids is 2. The molecule has 0 heterocycles. The smallest absolute Gasteiger partial charge is 0.326 e. The fourth-order valence-corrected chi connectivity index (χ4v) is 1.27. The Morgan fingerprint density at radius 3 is 2.06 bits per heavy atom. The molecule has 0 aromatic heterocycles. The molecule has 0 aliphatic carbocycles. The zero-order valence-corrected chi connectivity index (χ0v) is 11.1. The van der Waals surface area contributed by atoms with Crippen molar-refractivity contribution in [1.82, 2.24) is 5.32 Å². The molecule has 7 nitrogen and oxygen atoms in total. The quantitative estimate of drug-likeness (QED) is 0.513. The minimum Gasteiger partial charge on any atom is -0.481 e. The second kappa shape index (κ2) is 8.71. The number of rotatable bonds is 7. The van der Waals surface area contributed by atoms with Crippen LogP contribution in [0, 0.1) is 5.92 Å². The van der Waals surface area contributed by atoms with Gasteiger partial charge in [0.1, 0.15) is 6.04 Å². The number of amides is 1. The second-order valence-electron chi connectivity index (χ2n) is 4.23. The van der Waals surface area contributed by atoms with Crippen LogP contribution in [0.15, 0.2) is 0 Å². The topological polar surface area (TPSA) is 130 Å². The van der Waals surface area contributed by atoms with Gasteiger partial charge >= 0.3 is 11.9 Å². The third-order valence-electron chi connectivity index (χ3n) is 2.06. The molecule has 0 aromatic carbocycles. The minimum atomic E-state index is -1.45. The summed E-state index contributed by atoms with van der Waals surface area (Å²) in [6.45, 7) is 3.75. The molecular weight excluding hydrogens is 264 g/mol. The van der Waals surface area contributed by atoms with E-state index in [-0.39, 0.29) is 18.3 Å². The highest BCUT2D eigenvalue weighted by atomic mass is 35.5. The van der Waals surface area contributed by atoms with Gasteiger partial charge in [0.05, 0.1) is 12.5 Å². The molecule has 106 valence electrons. The summed E-state index contributed by atoms with van der Waals surface area (Å²) in [5.41, 5.74) is 5.54. The normalized spacial score (nSPS) is 13.3. The third-order valence-corrected chi connectivity index (χ3v) is 2.06. The zero-order valence-electron chi connectivity index (χ0n) is 10.3. The summed E-state index contributed by atoms with van der Waals surface area (Å²) in [5.74, 6) is -3.14. The van der Waals surface area contributed by atoms with Gasteiger partial charge in [-0.05, 0) is 12.3 Å². The first-order chi connectivity index (χ1) is 7.73. The van der Waals surface area contributed by atoms with Crippen molar-refractivity contribution in [1.29, 1.82) is 0 Å². The Kier molecular flexibility index (Phi) is 9.20. The molecule has 0 aromatic rings. The highest BCUT2D eigenvalue weighted by Gasteiger charge is 2.25. The van der Waals surface area contributed by atoms with Crippen molar-refractivity contribution >= 4 is 30.3 Å². The van der Waals surface area contributed by atoms with E-state index in [0.717, 1.165) is 0 Å². The van der Waals surface area contributed by atoms with Crippen LogP contribution in [-0.2, 0) is 14.4 Å². The lowest BCUT2D eigenvalue weighted by Gasteiger charge is -2.17. The number of nitrogens with two attached hydrogens (primary N) is 1. The van der Waals surface area contributed by atoms with E-state index in [1.165, 1.54) is 0 Å². The molecule has 0 radical (unpaired) electrons. The molecule has 2 unspecified atom stereocenters. The van der Waals surface area contributed by atoms with Gasteiger partial charge in [-0.2, -0.15) is 0 Å². The van der Waals surface area contributed by atoms with Gasteiger partial charge in [-0.15, -0.1) is 12.4 Å². The molecule has 5 N–H and O–H groups in total. The van der Waals surface area contributed by atoms with Gasteiger partial charge in [0, 0.05) is 0 Å². The van der Waals surface area contributed by atoms with Crippen LogP contribution in [0.5, 0.6) is 0 Å². The fraction of sp³-hybridized carbons (Fsp3) is 0.700. The first-order valence-electron chi connectivity index (χ1n) is 5.24. The van der Waals surface area contributed by atoms with E-state index in [0.29, 0.717) is 6.42 Å². The molecule has 2 atom stereocenters. The zero-order chi connectivity index (χ0) is 13.6. The number of halogens is 1. The predicted octanol–water partition coefficient (Wildman–Crippen LogP) is -0.174. The van der Waals surface area contributed by atoms with E-state index in [1.54, 1.807) is 0 Å². The Morgan fingerprint density at radius 1 is 1.22 bits per heavy atom. The van der Waals surface area contributed by atoms with Gasteiger partial charge in [0.2, 0.25) is 5.91 Å². The lowest BCUT2D eigenvalue weighted by molar-refractivity contribution is -0.147. The van der Waals surface area contributed by atoms with Crippen molar-refractivity contribution in [2.45, 2.75) is 38.8 Å². The van der Waals surface area contributed by atoms with Crippen LogP contribution >= 0.6 is 12.4 Å². The first kappa shape index (κ1) is 19.0. The maximum Gasteiger partial charge on any atom is 0.326 e. The summed E-state index contributed by atoms with van der Waals surface area (Å²) in [5, 5.41) is 19.3. The highest BCUT2D eigenvalue weighted by Crippen LogP contribution is 2.03. The molecule has 0 saturated heterocycles. The number of hydrogen-bond donors (Lipinski definition) is 4. The van der Waals surface area contributed by atoms with Gasteiger partial charge in [-0.25, -0.2) is 4.79 Å². The van der Waals surface area contributed by atoms with Crippen molar-refractivity contribution in [3.05, 3.63) is 0 Å². The fourth-order valence-electron chi connectivity index (χ4n) is 1.27. The highest BCUT2D eigenvalue weighted by molar-refractivity contribution is 5.89. The van der Waals surface area contributed by atoms with Crippen molar-refractivity contribution in [2.24, 2.45) is 11.7 Å². The van der Waals surface area contributed by atoms with Gasteiger partial charge in [-0.3, -0.25) is 9.59 Å². The van der Waals surface area contributed by atoms with Crippen molar-refractivity contribution in [3.63, 3.8) is 0 Å². The lowest BCUT2D eigenvalue weighted by atomic mass is 10.0. The van der Waals surface area contributed by atoms with E-state index in [9.17, 15) is 14.4 Å². The maximum absolute atomic E-state index is 11.5. The Labute approximate surface area is 111 Å². The van der Waals surface area contributed by atoms with E-state index in [4.69, 9.17) is 15.9 Å². The average molecular weight is 283 g/mol. The summed E-state index contributed by atoms with van der Waals surface area (Å²) >= 11 is 0. The second-order valence-corrected chi connectivity index (χ2v) is 4.23. The molecule has 8 heteroatoms. The molecule has 0 saturated carbocycles. The van der Waals surface area contributed by atoms with Gasteiger partial charge < -0.3 is 21.3 Å². The van der Waals surface area contributed by atoms with Gasteiger partial charge in [0.15, 0.2) is 0 Å². The molecule has 0 aliphatic heterocycles. The molecular formula is C10H19ClN2O5. The van der Waals surface area contributed by atoms with Crippen LogP contribution < -0.4 is 11.1 Å². The van der Waals surface area contributed by atoms with E-state index in [2.05, 4.69) is 5.32 Å². The third kappa shape index (κ3) is 7.86. The Morgan fingerprint density at radius 2 is 1.72 bits per heavy atom. The summed E-state index contributed by atoms with van der Waals surface area (Å²) < 4.78 is 0. The predicted molar refractivity (Wildman–Crippen MR) is 66.5 cm³/mol. The monoisotopic (exact) mass is 282 g/mol. The Balaban J connectivity index is 0. The Hall–Kier alpha value is -1.34. The summed E-state index contributed by atoms with van der Waals surface area (Å²) in [7, 11) is 0. The molecule has 0 aliphatic rings. The number of aliphatic carboxylic acids is 2. The standard InChI is InChI=1S/C10H18N2O5.ClH/c1-5(2)3-6(11)9(15)12-7(10(16)17)4-8(13)14;/h5-7H,3-4,11H2,1-2H3,(H,12,15)(H,13,14)(H,16,17);1H. The van der Waals surface area contributed by atoms with Crippen LogP contribution in [0.1, 0.15) is 26.7 Å². The molecule has 0 rings (SSSR count). The van der Waals surface area contributed by atoms with Crippen molar-refractivity contribution in [3.8, 4) is 0 Å². The van der Waals surface area contributed by atoms with E-state index >= 15 is 0 Å². The van der Waals surface area contributed by atoms with Gasteiger partial charge in [-0.1, -0.05) is 13.8 Å². The molecule has 0 bridgehead atoms. The van der Waals surface area contributed by atoms with E-state index in [1.807, 2.05) is 13.8 Å². The molecule has 0 spiro atoms. The molecule has 0 fully saturated rings. The van der Waals surface area contributed by atoms with Crippen molar-refractivity contribution in [2.75, 3.05) is 0 Å².